The average molecular weight is 330 g/mol. The number of fused-ring (bicyclic) bond motifs is 3. The Labute approximate surface area is 138 Å². The van der Waals surface area contributed by atoms with E-state index in [1.54, 1.807) is 0 Å². The summed E-state index contributed by atoms with van der Waals surface area (Å²) in [7, 11) is 0. The van der Waals surface area contributed by atoms with Gasteiger partial charge in [0.05, 0.1) is 11.7 Å². The molecular formula is C17H18N2O3S. The van der Waals surface area contributed by atoms with Gasteiger partial charge >= 0.3 is 0 Å². The van der Waals surface area contributed by atoms with Crippen LogP contribution >= 0.6 is 11.3 Å². The lowest BCUT2D eigenvalue weighted by Crippen LogP contribution is -2.16. The van der Waals surface area contributed by atoms with Crippen molar-refractivity contribution in [2.24, 2.45) is 5.73 Å². The summed E-state index contributed by atoms with van der Waals surface area (Å²) in [5, 5.41) is 3.11. The monoisotopic (exact) mass is 330 g/mol. The SMILES string of the molecule is CC(C)Oc1cccc2c1-c1sc(NC=O)c(C(N)=O)c1CC2. The lowest BCUT2D eigenvalue weighted by molar-refractivity contribution is -0.105. The molecule has 1 heterocycles. The summed E-state index contributed by atoms with van der Waals surface area (Å²) in [4.78, 5) is 23.6. The van der Waals surface area contributed by atoms with Gasteiger partial charge in [-0.1, -0.05) is 12.1 Å². The van der Waals surface area contributed by atoms with Gasteiger partial charge in [0.1, 0.15) is 10.8 Å². The molecule has 120 valence electrons. The Kier molecular flexibility index (Phi) is 4.09. The molecule has 3 N–H and O–H groups in total. The number of hydrogen-bond acceptors (Lipinski definition) is 4. The van der Waals surface area contributed by atoms with Gasteiger partial charge in [0.25, 0.3) is 5.91 Å². The molecule has 2 aromatic rings. The van der Waals surface area contributed by atoms with E-state index in [-0.39, 0.29) is 6.10 Å². The molecule has 0 radical (unpaired) electrons. The van der Waals surface area contributed by atoms with Crippen LogP contribution in [0.2, 0.25) is 0 Å². The van der Waals surface area contributed by atoms with Gasteiger partial charge < -0.3 is 15.8 Å². The fourth-order valence-electron chi connectivity index (χ4n) is 2.98. The third kappa shape index (κ3) is 2.70. The van der Waals surface area contributed by atoms with Crippen molar-refractivity contribution in [1.82, 2.24) is 0 Å². The highest BCUT2D eigenvalue weighted by atomic mass is 32.1. The molecule has 1 aliphatic rings. The lowest BCUT2D eigenvalue weighted by Gasteiger charge is -2.21. The first-order valence-electron chi connectivity index (χ1n) is 7.47. The van der Waals surface area contributed by atoms with Crippen LogP contribution in [0.3, 0.4) is 0 Å². The van der Waals surface area contributed by atoms with E-state index in [1.165, 1.54) is 16.9 Å². The summed E-state index contributed by atoms with van der Waals surface area (Å²) in [6.45, 7) is 3.96. The van der Waals surface area contributed by atoms with Crippen LogP contribution in [0, 0.1) is 0 Å². The predicted molar refractivity (Wildman–Crippen MR) is 91.1 cm³/mol. The fraction of sp³-hybridized carbons (Fsp3) is 0.294. The molecule has 1 aromatic carbocycles. The summed E-state index contributed by atoms with van der Waals surface area (Å²) in [6.07, 6.45) is 2.16. The van der Waals surface area contributed by atoms with Gasteiger partial charge in [0.2, 0.25) is 6.41 Å². The number of benzene rings is 1. The molecule has 1 aliphatic carbocycles. The number of amides is 2. The van der Waals surface area contributed by atoms with Crippen LogP contribution in [-0.2, 0) is 17.6 Å². The first-order valence-corrected chi connectivity index (χ1v) is 8.29. The van der Waals surface area contributed by atoms with Crippen molar-refractivity contribution in [2.75, 3.05) is 5.32 Å². The van der Waals surface area contributed by atoms with E-state index in [0.29, 0.717) is 17.0 Å². The predicted octanol–water partition coefficient (Wildman–Crippen LogP) is 2.97. The minimum absolute atomic E-state index is 0.0509. The van der Waals surface area contributed by atoms with Gasteiger partial charge in [-0.25, -0.2) is 0 Å². The second-order valence-electron chi connectivity index (χ2n) is 5.70. The largest absolute Gasteiger partial charge is 0.490 e. The van der Waals surface area contributed by atoms with Gasteiger partial charge in [-0.15, -0.1) is 11.3 Å². The van der Waals surface area contributed by atoms with Crippen molar-refractivity contribution in [3.8, 4) is 16.2 Å². The number of ether oxygens (including phenoxy) is 1. The van der Waals surface area contributed by atoms with Gasteiger partial charge in [-0.3, -0.25) is 9.59 Å². The third-order valence-electron chi connectivity index (χ3n) is 3.79. The van der Waals surface area contributed by atoms with Gasteiger partial charge in [0, 0.05) is 10.4 Å². The number of thiophene rings is 1. The number of anilines is 1. The summed E-state index contributed by atoms with van der Waals surface area (Å²) in [6, 6.07) is 5.99. The first kappa shape index (κ1) is 15.6. The highest BCUT2D eigenvalue weighted by Gasteiger charge is 2.29. The van der Waals surface area contributed by atoms with Crippen LogP contribution in [-0.4, -0.2) is 18.4 Å². The molecule has 3 rings (SSSR count). The molecule has 0 aliphatic heterocycles. The van der Waals surface area contributed by atoms with E-state index in [0.717, 1.165) is 34.6 Å². The molecule has 0 saturated carbocycles. The Morgan fingerprint density at radius 1 is 1.39 bits per heavy atom. The first-order chi connectivity index (χ1) is 11.0. The second-order valence-corrected chi connectivity index (χ2v) is 6.72. The van der Waals surface area contributed by atoms with Crippen molar-refractivity contribution in [3.63, 3.8) is 0 Å². The summed E-state index contributed by atoms with van der Waals surface area (Å²) in [5.41, 5.74) is 9.05. The average Bonchev–Trinajstić information content (AvgIpc) is 2.85. The number of primary amides is 1. The molecule has 0 spiro atoms. The van der Waals surface area contributed by atoms with Crippen molar-refractivity contribution < 1.29 is 14.3 Å². The van der Waals surface area contributed by atoms with E-state index in [9.17, 15) is 9.59 Å². The molecule has 6 heteroatoms. The zero-order valence-electron chi connectivity index (χ0n) is 13.0. The lowest BCUT2D eigenvalue weighted by atomic mass is 9.88. The topological polar surface area (TPSA) is 81.4 Å². The van der Waals surface area contributed by atoms with Crippen molar-refractivity contribution in [2.45, 2.75) is 32.8 Å². The number of hydrogen-bond donors (Lipinski definition) is 2. The Balaban J connectivity index is 2.22. The number of nitrogens with one attached hydrogen (secondary N) is 1. The number of nitrogens with two attached hydrogens (primary N) is 1. The molecule has 0 fully saturated rings. The number of rotatable bonds is 5. The van der Waals surface area contributed by atoms with Crippen molar-refractivity contribution in [1.29, 1.82) is 0 Å². The molecule has 0 unspecified atom stereocenters. The quantitative estimate of drug-likeness (QED) is 0.827. The normalized spacial score (nSPS) is 12.5. The zero-order chi connectivity index (χ0) is 16.6. The molecule has 2 amide bonds. The Morgan fingerprint density at radius 2 is 2.17 bits per heavy atom. The maximum absolute atomic E-state index is 11.8. The van der Waals surface area contributed by atoms with Crippen molar-refractivity contribution >= 4 is 28.7 Å². The highest BCUT2D eigenvalue weighted by Crippen LogP contribution is 2.48. The number of aryl methyl sites for hydroxylation is 1. The minimum Gasteiger partial charge on any atom is -0.490 e. The third-order valence-corrected chi connectivity index (χ3v) is 4.97. The van der Waals surface area contributed by atoms with E-state index >= 15 is 0 Å². The van der Waals surface area contributed by atoms with Crippen LogP contribution in [0.15, 0.2) is 18.2 Å². The second kappa shape index (κ2) is 6.04. The molecule has 0 atom stereocenters. The van der Waals surface area contributed by atoms with Crippen LogP contribution in [0.25, 0.3) is 10.4 Å². The Hall–Kier alpha value is -2.34. The maximum atomic E-state index is 11.8. The standard InChI is InChI=1S/C17H18N2O3S/c1-9(2)22-12-5-3-4-10-6-7-11-14(16(18)21)17(19-8-20)23-15(11)13(10)12/h3-5,8-9H,6-7H2,1-2H3,(H2,18,21)(H,19,20). The van der Waals surface area contributed by atoms with E-state index in [2.05, 4.69) is 11.4 Å². The van der Waals surface area contributed by atoms with Crippen molar-refractivity contribution in [3.05, 3.63) is 34.9 Å². The van der Waals surface area contributed by atoms with Gasteiger partial charge in [-0.05, 0) is 43.9 Å². The van der Waals surface area contributed by atoms with Crippen LogP contribution in [0.5, 0.6) is 5.75 Å². The number of carbonyl (C=O) groups is 2. The van der Waals surface area contributed by atoms with Crippen LogP contribution < -0.4 is 15.8 Å². The van der Waals surface area contributed by atoms with Gasteiger partial charge in [-0.2, -0.15) is 0 Å². The van der Waals surface area contributed by atoms with E-state index < -0.39 is 5.91 Å². The maximum Gasteiger partial charge on any atom is 0.252 e. The number of carbonyl (C=O) groups excluding carboxylic acids is 2. The summed E-state index contributed by atoms with van der Waals surface area (Å²) in [5.74, 6) is 0.283. The van der Waals surface area contributed by atoms with E-state index in [1.807, 2.05) is 26.0 Å². The minimum atomic E-state index is -0.516. The molecule has 23 heavy (non-hydrogen) atoms. The smallest absolute Gasteiger partial charge is 0.252 e. The molecule has 5 nitrogen and oxygen atoms in total. The Bertz CT molecular complexity index is 780. The van der Waals surface area contributed by atoms with Crippen LogP contribution in [0.1, 0.15) is 35.3 Å². The summed E-state index contributed by atoms with van der Waals surface area (Å²) < 4.78 is 5.94. The highest BCUT2D eigenvalue weighted by molar-refractivity contribution is 7.20. The zero-order valence-corrected chi connectivity index (χ0v) is 13.8. The molecule has 0 saturated heterocycles. The van der Waals surface area contributed by atoms with E-state index in [4.69, 9.17) is 10.5 Å². The fourth-order valence-corrected chi connectivity index (χ4v) is 4.27. The molecular weight excluding hydrogens is 312 g/mol. The van der Waals surface area contributed by atoms with Crippen LogP contribution in [0.4, 0.5) is 5.00 Å². The van der Waals surface area contributed by atoms with Gasteiger partial charge in [0.15, 0.2) is 0 Å². The molecule has 1 aromatic heterocycles. The Morgan fingerprint density at radius 3 is 2.83 bits per heavy atom. The molecule has 0 bridgehead atoms. The summed E-state index contributed by atoms with van der Waals surface area (Å²) >= 11 is 1.38.